The third-order valence-corrected chi connectivity index (χ3v) is 3.58. The first-order valence-electron chi connectivity index (χ1n) is 9.24. The Kier molecular flexibility index (Phi) is 16.5. The molecular weight excluding hydrogens is 288 g/mol. The largest absolute Gasteiger partial charge is 0.494 e. The monoisotopic (exact) mass is 324 g/mol. The average Bonchev–Trinajstić information content (AvgIpc) is 2.56. The molecule has 0 saturated heterocycles. The Morgan fingerprint density at radius 3 is 1.96 bits per heavy atom. The van der Waals surface area contributed by atoms with Crippen molar-refractivity contribution in [3.8, 4) is 5.75 Å². The van der Waals surface area contributed by atoms with E-state index in [0.29, 0.717) is 6.42 Å². The maximum atomic E-state index is 8.33. The highest BCUT2D eigenvalue weighted by atomic mass is 16.5. The zero-order valence-electron chi connectivity index (χ0n) is 15.0. The summed E-state index contributed by atoms with van der Waals surface area (Å²) in [5, 5.41) is 16.7. The summed E-state index contributed by atoms with van der Waals surface area (Å²) >= 11 is 0. The molecule has 0 heterocycles. The van der Waals surface area contributed by atoms with E-state index in [0.717, 1.165) is 31.6 Å². The molecule has 0 aromatic heterocycles. The molecule has 0 fully saturated rings. The Morgan fingerprint density at radius 1 is 0.783 bits per heavy atom. The Labute approximate surface area is 142 Å². The molecule has 0 atom stereocenters. The normalized spacial score (nSPS) is 10.3. The van der Waals surface area contributed by atoms with E-state index in [-0.39, 0.29) is 0 Å². The van der Waals surface area contributed by atoms with Crippen LogP contribution in [0, 0.1) is 0 Å². The van der Waals surface area contributed by atoms with E-state index in [4.69, 9.17) is 14.9 Å². The summed E-state index contributed by atoms with van der Waals surface area (Å²) in [6.07, 6.45) is 10.5. The summed E-state index contributed by atoms with van der Waals surface area (Å²) in [6, 6.07) is 10.1. The highest BCUT2D eigenvalue weighted by Crippen LogP contribution is 2.10. The van der Waals surface area contributed by atoms with Gasteiger partial charge in [0.25, 0.3) is 0 Å². The number of para-hydroxylation sites is 1. The molecule has 0 aliphatic heterocycles. The van der Waals surface area contributed by atoms with Crippen molar-refractivity contribution in [1.82, 2.24) is 0 Å². The first kappa shape index (κ1) is 21.9. The van der Waals surface area contributed by atoms with Crippen molar-refractivity contribution in [3.05, 3.63) is 30.3 Å². The van der Waals surface area contributed by atoms with Gasteiger partial charge in [0, 0.05) is 0 Å². The smallest absolute Gasteiger partial charge is 0.151 e. The topological polar surface area (TPSA) is 49.7 Å². The Morgan fingerprint density at radius 2 is 1.35 bits per heavy atom. The third kappa shape index (κ3) is 17.1. The van der Waals surface area contributed by atoms with Gasteiger partial charge in [0.1, 0.15) is 5.75 Å². The molecule has 0 aliphatic rings. The maximum Gasteiger partial charge on any atom is 0.151 e. The first-order valence-corrected chi connectivity index (χ1v) is 9.24. The summed E-state index contributed by atoms with van der Waals surface area (Å²) in [7, 11) is 0. The lowest BCUT2D eigenvalue weighted by atomic mass is 10.1. The van der Waals surface area contributed by atoms with Gasteiger partial charge in [0.2, 0.25) is 0 Å². The summed E-state index contributed by atoms with van der Waals surface area (Å²) in [6.45, 7) is 5.19. The van der Waals surface area contributed by atoms with E-state index in [9.17, 15) is 0 Å². The summed E-state index contributed by atoms with van der Waals surface area (Å²) in [5.41, 5.74) is 0. The Bertz CT molecular complexity index is 325. The van der Waals surface area contributed by atoms with E-state index in [2.05, 4.69) is 13.8 Å². The van der Waals surface area contributed by atoms with Crippen LogP contribution in [0.1, 0.15) is 78.1 Å². The van der Waals surface area contributed by atoms with Crippen molar-refractivity contribution >= 4 is 0 Å². The van der Waals surface area contributed by atoms with E-state index < -0.39 is 6.29 Å². The minimum Gasteiger partial charge on any atom is -0.494 e. The van der Waals surface area contributed by atoms with Crippen molar-refractivity contribution in [2.45, 2.75) is 84.3 Å². The van der Waals surface area contributed by atoms with E-state index >= 15 is 0 Å². The molecule has 1 aromatic carbocycles. The van der Waals surface area contributed by atoms with Gasteiger partial charge < -0.3 is 14.9 Å². The Hall–Kier alpha value is -1.06. The van der Waals surface area contributed by atoms with Gasteiger partial charge in [-0.3, -0.25) is 0 Å². The molecular formula is C20H36O3. The molecule has 0 radical (unpaired) electrons. The molecule has 0 amide bonds. The third-order valence-electron chi connectivity index (χ3n) is 3.58. The van der Waals surface area contributed by atoms with Crippen LogP contribution in [0.4, 0.5) is 0 Å². The molecule has 0 saturated carbocycles. The quantitative estimate of drug-likeness (QED) is 0.405. The Balaban J connectivity index is 0.000000515. The fourth-order valence-electron chi connectivity index (χ4n) is 2.17. The van der Waals surface area contributed by atoms with Gasteiger partial charge in [0.05, 0.1) is 6.61 Å². The second-order valence-electron chi connectivity index (χ2n) is 5.91. The number of rotatable bonds is 12. The van der Waals surface area contributed by atoms with Gasteiger partial charge in [0.15, 0.2) is 6.29 Å². The van der Waals surface area contributed by atoms with Crippen molar-refractivity contribution in [3.63, 3.8) is 0 Å². The molecule has 2 N–H and O–H groups in total. The van der Waals surface area contributed by atoms with Gasteiger partial charge in [-0.05, 0) is 31.4 Å². The van der Waals surface area contributed by atoms with E-state index in [1.54, 1.807) is 0 Å². The molecule has 134 valence electrons. The lowest BCUT2D eigenvalue weighted by Crippen LogP contribution is -2.02. The molecule has 3 heteroatoms. The van der Waals surface area contributed by atoms with Crippen LogP contribution in [-0.2, 0) is 0 Å². The van der Waals surface area contributed by atoms with Gasteiger partial charge in [-0.2, -0.15) is 0 Å². The van der Waals surface area contributed by atoms with Gasteiger partial charge in [-0.15, -0.1) is 0 Å². The van der Waals surface area contributed by atoms with Crippen LogP contribution in [0.2, 0.25) is 0 Å². The molecule has 1 rings (SSSR count). The maximum absolute atomic E-state index is 8.33. The summed E-state index contributed by atoms with van der Waals surface area (Å²) < 4.78 is 5.61. The van der Waals surface area contributed by atoms with E-state index in [1.807, 2.05) is 30.3 Å². The van der Waals surface area contributed by atoms with Crippen LogP contribution in [0.5, 0.6) is 5.75 Å². The van der Waals surface area contributed by atoms with Crippen LogP contribution >= 0.6 is 0 Å². The predicted molar refractivity (Wildman–Crippen MR) is 97.7 cm³/mol. The fraction of sp³-hybridized carbons (Fsp3) is 0.700. The van der Waals surface area contributed by atoms with Crippen LogP contribution in [0.25, 0.3) is 0 Å². The minimum absolute atomic E-state index is 0.522. The van der Waals surface area contributed by atoms with Gasteiger partial charge in [-0.1, -0.05) is 77.0 Å². The van der Waals surface area contributed by atoms with Crippen LogP contribution in [-0.4, -0.2) is 23.1 Å². The lowest BCUT2D eigenvalue weighted by Gasteiger charge is -2.05. The van der Waals surface area contributed by atoms with E-state index in [1.165, 1.54) is 38.5 Å². The zero-order valence-corrected chi connectivity index (χ0v) is 15.0. The van der Waals surface area contributed by atoms with Crippen LogP contribution < -0.4 is 4.74 Å². The number of aliphatic hydroxyl groups is 2. The van der Waals surface area contributed by atoms with Gasteiger partial charge in [-0.25, -0.2) is 0 Å². The number of hydrogen-bond donors (Lipinski definition) is 2. The SMILES string of the molecule is CCCCCC(O)O.CCCCCCCCOc1ccccc1. The van der Waals surface area contributed by atoms with Crippen molar-refractivity contribution < 1.29 is 14.9 Å². The molecule has 3 nitrogen and oxygen atoms in total. The number of benzene rings is 1. The molecule has 1 aromatic rings. The highest BCUT2D eigenvalue weighted by Gasteiger charge is 1.94. The number of aliphatic hydroxyl groups excluding tert-OH is 1. The number of unbranched alkanes of at least 4 members (excludes halogenated alkanes) is 7. The number of hydrogen-bond acceptors (Lipinski definition) is 3. The predicted octanol–water partition coefficient (Wildman–Crippen LogP) is 5.30. The first-order chi connectivity index (χ1) is 11.2. The van der Waals surface area contributed by atoms with Crippen molar-refractivity contribution in [1.29, 1.82) is 0 Å². The second kappa shape index (κ2) is 17.3. The molecule has 0 unspecified atom stereocenters. The standard InChI is InChI=1S/C14H22O.C6H14O2/c1-2-3-4-5-6-10-13-15-14-11-8-7-9-12-14;1-2-3-4-5-6(7)8/h7-9,11-12H,2-6,10,13H2,1H3;6-8H,2-5H2,1H3. The molecule has 0 bridgehead atoms. The van der Waals surface area contributed by atoms with Crippen LogP contribution in [0.3, 0.4) is 0 Å². The molecule has 0 aliphatic carbocycles. The van der Waals surface area contributed by atoms with Crippen LogP contribution in [0.15, 0.2) is 30.3 Å². The summed E-state index contributed by atoms with van der Waals surface area (Å²) in [4.78, 5) is 0. The molecule has 0 spiro atoms. The zero-order chi connectivity index (χ0) is 17.2. The number of ether oxygens (including phenoxy) is 1. The average molecular weight is 325 g/mol. The fourth-order valence-corrected chi connectivity index (χ4v) is 2.17. The highest BCUT2D eigenvalue weighted by molar-refractivity contribution is 5.20. The van der Waals surface area contributed by atoms with Crippen molar-refractivity contribution in [2.24, 2.45) is 0 Å². The van der Waals surface area contributed by atoms with Crippen molar-refractivity contribution in [2.75, 3.05) is 6.61 Å². The molecule has 23 heavy (non-hydrogen) atoms. The van der Waals surface area contributed by atoms with Gasteiger partial charge >= 0.3 is 0 Å². The minimum atomic E-state index is -1.10. The summed E-state index contributed by atoms with van der Waals surface area (Å²) in [5.74, 6) is 0.992. The lowest BCUT2D eigenvalue weighted by molar-refractivity contribution is -0.0465. The second-order valence-corrected chi connectivity index (χ2v) is 5.91.